The Hall–Kier alpha value is -1.99. The number of carbonyl (C=O) groups excluding carboxylic acids is 2. The number of amides is 2. The fourth-order valence-corrected chi connectivity index (χ4v) is 3.55. The number of ether oxygens (including phenoxy) is 1. The summed E-state index contributed by atoms with van der Waals surface area (Å²) in [6.45, 7) is 5.83. The van der Waals surface area contributed by atoms with E-state index in [2.05, 4.69) is 10.2 Å². The van der Waals surface area contributed by atoms with Crippen molar-refractivity contribution in [3.63, 3.8) is 0 Å². The lowest BCUT2D eigenvalue weighted by Gasteiger charge is -2.37. The van der Waals surface area contributed by atoms with Gasteiger partial charge in [-0.15, -0.1) is 0 Å². The number of hydrogen-bond acceptors (Lipinski definition) is 4. The van der Waals surface area contributed by atoms with Gasteiger partial charge in [0.15, 0.2) is 0 Å². The standard InChI is InChI=1S/C19H26FN3O3/c1-14(18(24)21-17-4-2-3-16(20)13-17)22-7-5-15(6-8-22)19(25)23-9-11-26-12-10-23/h2-4,13-15H,5-12H2,1H3,(H,21,24)/t14-/m1/s1. The first-order chi connectivity index (χ1) is 12.5. The van der Waals surface area contributed by atoms with Crippen LogP contribution in [-0.2, 0) is 14.3 Å². The molecule has 0 aliphatic carbocycles. The molecule has 2 aliphatic heterocycles. The van der Waals surface area contributed by atoms with Crippen LogP contribution in [0.4, 0.5) is 10.1 Å². The second-order valence-corrected chi connectivity index (χ2v) is 6.92. The third kappa shape index (κ3) is 4.59. The van der Waals surface area contributed by atoms with Gasteiger partial charge in [-0.2, -0.15) is 0 Å². The first kappa shape index (κ1) is 18.8. The Labute approximate surface area is 153 Å². The fraction of sp³-hybridized carbons (Fsp3) is 0.579. The van der Waals surface area contributed by atoms with Gasteiger partial charge in [0.25, 0.3) is 0 Å². The summed E-state index contributed by atoms with van der Waals surface area (Å²) in [5, 5.41) is 2.76. The maximum Gasteiger partial charge on any atom is 0.241 e. The topological polar surface area (TPSA) is 61.9 Å². The van der Waals surface area contributed by atoms with Gasteiger partial charge in [0, 0.05) is 24.7 Å². The quantitative estimate of drug-likeness (QED) is 0.885. The van der Waals surface area contributed by atoms with E-state index >= 15 is 0 Å². The molecule has 3 rings (SSSR count). The summed E-state index contributed by atoms with van der Waals surface area (Å²) in [6, 6.07) is 5.56. The van der Waals surface area contributed by atoms with Crippen LogP contribution in [0.5, 0.6) is 0 Å². The summed E-state index contributed by atoms with van der Waals surface area (Å²) >= 11 is 0. The van der Waals surface area contributed by atoms with Gasteiger partial charge < -0.3 is 15.0 Å². The Morgan fingerprint density at radius 3 is 2.54 bits per heavy atom. The van der Waals surface area contributed by atoms with E-state index < -0.39 is 0 Å². The highest BCUT2D eigenvalue weighted by atomic mass is 19.1. The summed E-state index contributed by atoms with van der Waals surface area (Å²) in [7, 11) is 0. The Kier molecular flexibility index (Phi) is 6.21. The van der Waals surface area contributed by atoms with Crippen molar-refractivity contribution in [1.82, 2.24) is 9.80 Å². The molecule has 2 amide bonds. The van der Waals surface area contributed by atoms with Gasteiger partial charge in [-0.3, -0.25) is 14.5 Å². The van der Waals surface area contributed by atoms with Gasteiger partial charge in [-0.1, -0.05) is 6.07 Å². The highest BCUT2D eigenvalue weighted by Crippen LogP contribution is 2.22. The summed E-state index contributed by atoms with van der Waals surface area (Å²) in [4.78, 5) is 29.0. The minimum absolute atomic E-state index is 0.0304. The van der Waals surface area contributed by atoms with Crippen LogP contribution in [-0.4, -0.2) is 67.0 Å². The second-order valence-electron chi connectivity index (χ2n) is 6.92. The molecule has 2 aliphatic rings. The van der Waals surface area contributed by atoms with Crippen LogP contribution < -0.4 is 5.32 Å². The van der Waals surface area contributed by atoms with Crippen LogP contribution in [0.25, 0.3) is 0 Å². The molecular weight excluding hydrogens is 337 g/mol. The zero-order chi connectivity index (χ0) is 18.5. The van der Waals surface area contributed by atoms with Crippen molar-refractivity contribution >= 4 is 17.5 Å². The first-order valence-corrected chi connectivity index (χ1v) is 9.21. The molecule has 7 heteroatoms. The van der Waals surface area contributed by atoms with Gasteiger partial charge in [0.05, 0.1) is 19.3 Å². The molecular formula is C19H26FN3O3. The van der Waals surface area contributed by atoms with Gasteiger partial charge in [0.2, 0.25) is 11.8 Å². The van der Waals surface area contributed by atoms with Crippen LogP contribution >= 0.6 is 0 Å². The fourth-order valence-electron chi connectivity index (χ4n) is 3.55. The molecule has 142 valence electrons. The third-order valence-corrected chi connectivity index (χ3v) is 5.22. The van der Waals surface area contributed by atoms with Crippen LogP contribution in [0.3, 0.4) is 0 Å². The summed E-state index contributed by atoms with van der Waals surface area (Å²) in [5.74, 6) is -0.293. The monoisotopic (exact) mass is 363 g/mol. The molecule has 0 radical (unpaired) electrons. The van der Waals surface area contributed by atoms with Crippen LogP contribution in [0.1, 0.15) is 19.8 Å². The number of likely N-dealkylation sites (tertiary alicyclic amines) is 1. The van der Waals surface area contributed by atoms with E-state index in [4.69, 9.17) is 4.74 Å². The minimum atomic E-state index is -0.377. The molecule has 1 aromatic rings. The lowest BCUT2D eigenvalue weighted by Crippen LogP contribution is -2.50. The molecule has 0 saturated carbocycles. The van der Waals surface area contributed by atoms with E-state index in [1.807, 2.05) is 11.8 Å². The number of piperidine rings is 1. The highest BCUT2D eigenvalue weighted by molar-refractivity contribution is 5.94. The Morgan fingerprint density at radius 2 is 1.88 bits per heavy atom. The van der Waals surface area contributed by atoms with Crippen LogP contribution in [0.15, 0.2) is 24.3 Å². The number of benzene rings is 1. The summed E-state index contributed by atoms with van der Waals surface area (Å²) < 4.78 is 18.5. The van der Waals surface area contributed by atoms with Crippen molar-refractivity contribution in [2.45, 2.75) is 25.8 Å². The maximum atomic E-state index is 13.2. The number of morpholine rings is 1. The van der Waals surface area contributed by atoms with Gasteiger partial charge >= 0.3 is 0 Å². The average Bonchev–Trinajstić information content (AvgIpc) is 2.67. The molecule has 1 N–H and O–H groups in total. The van der Waals surface area contributed by atoms with E-state index in [1.54, 1.807) is 12.1 Å². The SMILES string of the molecule is C[C@H](C(=O)Nc1cccc(F)c1)N1CCC(C(=O)N2CCOCC2)CC1. The Bertz CT molecular complexity index is 641. The largest absolute Gasteiger partial charge is 0.378 e. The molecule has 2 saturated heterocycles. The van der Waals surface area contributed by atoms with Crippen LogP contribution in [0, 0.1) is 11.7 Å². The van der Waals surface area contributed by atoms with Crippen molar-refractivity contribution < 1.29 is 18.7 Å². The van der Waals surface area contributed by atoms with Crippen molar-refractivity contribution in [3.8, 4) is 0 Å². The number of halogens is 1. The van der Waals surface area contributed by atoms with Crippen molar-refractivity contribution in [1.29, 1.82) is 0 Å². The minimum Gasteiger partial charge on any atom is -0.378 e. The van der Waals surface area contributed by atoms with E-state index in [0.29, 0.717) is 45.1 Å². The number of nitrogens with zero attached hydrogens (tertiary/aromatic N) is 2. The molecule has 2 heterocycles. The van der Waals surface area contributed by atoms with Gasteiger partial charge in [0.1, 0.15) is 5.82 Å². The molecule has 6 nitrogen and oxygen atoms in total. The number of rotatable bonds is 4. The van der Waals surface area contributed by atoms with Crippen LogP contribution in [0.2, 0.25) is 0 Å². The van der Waals surface area contributed by atoms with Crippen molar-refractivity contribution in [2.24, 2.45) is 5.92 Å². The molecule has 0 spiro atoms. The lowest BCUT2D eigenvalue weighted by molar-refractivity contribution is -0.141. The average molecular weight is 363 g/mol. The molecule has 0 bridgehead atoms. The number of hydrogen-bond donors (Lipinski definition) is 1. The van der Waals surface area contributed by atoms with Gasteiger partial charge in [-0.25, -0.2) is 4.39 Å². The lowest BCUT2D eigenvalue weighted by atomic mass is 9.94. The van der Waals surface area contributed by atoms with E-state index in [9.17, 15) is 14.0 Å². The van der Waals surface area contributed by atoms with Crippen molar-refractivity contribution in [3.05, 3.63) is 30.1 Å². The number of carbonyl (C=O) groups is 2. The maximum absolute atomic E-state index is 13.2. The van der Waals surface area contributed by atoms with E-state index in [0.717, 1.165) is 12.8 Å². The summed E-state index contributed by atoms with van der Waals surface area (Å²) in [6.07, 6.45) is 1.52. The van der Waals surface area contributed by atoms with Gasteiger partial charge in [-0.05, 0) is 51.1 Å². The second kappa shape index (κ2) is 8.60. The zero-order valence-corrected chi connectivity index (χ0v) is 15.1. The molecule has 26 heavy (non-hydrogen) atoms. The van der Waals surface area contributed by atoms with Crippen molar-refractivity contribution in [2.75, 3.05) is 44.7 Å². The number of nitrogens with one attached hydrogen (secondary N) is 1. The predicted octanol–water partition coefficient (Wildman–Crippen LogP) is 1.72. The predicted molar refractivity (Wildman–Crippen MR) is 96.2 cm³/mol. The number of anilines is 1. The molecule has 2 fully saturated rings. The smallest absolute Gasteiger partial charge is 0.241 e. The Morgan fingerprint density at radius 1 is 1.19 bits per heavy atom. The molecule has 1 atom stereocenters. The normalized spacial score (nSPS) is 20.6. The molecule has 1 aromatic carbocycles. The van der Waals surface area contributed by atoms with E-state index in [1.165, 1.54) is 12.1 Å². The highest BCUT2D eigenvalue weighted by Gasteiger charge is 2.32. The third-order valence-electron chi connectivity index (χ3n) is 5.22. The van der Waals surface area contributed by atoms with E-state index in [-0.39, 0.29) is 29.6 Å². The first-order valence-electron chi connectivity index (χ1n) is 9.21. The zero-order valence-electron chi connectivity index (χ0n) is 15.1. The molecule has 0 unspecified atom stereocenters. The molecule has 0 aromatic heterocycles. The summed E-state index contributed by atoms with van der Waals surface area (Å²) in [5.41, 5.74) is 0.458. The Balaban J connectivity index is 1.49.